The van der Waals surface area contributed by atoms with E-state index in [9.17, 15) is 26.3 Å². The van der Waals surface area contributed by atoms with Gasteiger partial charge in [0.1, 0.15) is 11.4 Å². The molecule has 0 bridgehead atoms. The molecule has 0 radical (unpaired) electrons. The summed E-state index contributed by atoms with van der Waals surface area (Å²) in [4.78, 5) is 68.1. The minimum absolute atomic E-state index is 0. The second kappa shape index (κ2) is 26.4. The van der Waals surface area contributed by atoms with Crippen LogP contribution >= 0.6 is 11.3 Å². The summed E-state index contributed by atoms with van der Waals surface area (Å²) >= 11 is 1.51. The molecule has 0 aliphatic heterocycles. The van der Waals surface area contributed by atoms with E-state index in [2.05, 4.69) is 47.3 Å². The summed E-state index contributed by atoms with van der Waals surface area (Å²) in [5.74, 6) is 0. The third kappa shape index (κ3) is 16.8. The molecular formula is C41H30F6N8O6RuS. The molecule has 14 nitrogen and oxygen atoms in total. The van der Waals surface area contributed by atoms with Crippen molar-refractivity contribution in [2.75, 3.05) is 0 Å². The van der Waals surface area contributed by atoms with Gasteiger partial charge >= 0.3 is 50.3 Å². The summed E-state index contributed by atoms with van der Waals surface area (Å²) in [5, 5.41) is 13.5. The fourth-order valence-corrected chi connectivity index (χ4v) is 6.23. The van der Waals surface area contributed by atoms with Crippen LogP contribution in [0, 0.1) is 0 Å². The molecule has 0 aromatic carbocycles. The van der Waals surface area contributed by atoms with Crippen molar-refractivity contribution < 1.29 is 74.6 Å². The predicted molar refractivity (Wildman–Crippen MR) is 204 cm³/mol. The van der Waals surface area contributed by atoms with Crippen molar-refractivity contribution in [3.63, 3.8) is 0 Å². The largest absolute Gasteiger partial charge is 2.00 e. The number of rotatable bonds is 10. The molecule has 326 valence electrons. The summed E-state index contributed by atoms with van der Waals surface area (Å²) in [6.07, 6.45) is 0.220. The molecule has 22 heteroatoms. The Labute approximate surface area is 370 Å². The Kier molecular flexibility index (Phi) is 21.9. The normalized spacial score (nSPS) is 10.2. The van der Waals surface area contributed by atoms with Gasteiger partial charge in [0.05, 0.1) is 34.2 Å². The molecule has 0 fully saturated rings. The molecule has 0 saturated carbocycles. The third-order valence-electron chi connectivity index (χ3n) is 7.84. The molecule has 0 aliphatic carbocycles. The minimum Gasteiger partial charge on any atom is -0.573 e. The van der Waals surface area contributed by atoms with E-state index in [0.29, 0.717) is 5.56 Å². The van der Waals surface area contributed by atoms with E-state index in [1.165, 1.54) is 11.3 Å². The van der Waals surface area contributed by atoms with Crippen LogP contribution < -0.4 is 10.2 Å². The molecule has 7 heterocycles. The summed E-state index contributed by atoms with van der Waals surface area (Å²) in [5.41, 5.74) is 1.45. The molecule has 7 aromatic heterocycles. The van der Waals surface area contributed by atoms with Gasteiger partial charge in [-0.05, 0) is 91.2 Å². The summed E-state index contributed by atoms with van der Waals surface area (Å²) in [7, 11) is 0. The Morgan fingerprint density at radius 3 is 1.40 bits per heavy atom. The molecule has 0 spiro atoms. The van der Waals surface area contributed by atoms with Gasteiger partial charge in [-0.2, -0.15) is 55.1 Å². The molecule has 0 unspecified atom stereocenters. The van der Waals surface area contributed by atoms with Crippen molar-refractivity contribution in [2.45, 2.75) is 51.4 Å². The standard InChI is InChI=1S/C23H19F6N5S.C15H11N3.3CO2.Ru/c1-2-3-4-5-6-14-7-8-19(35-14)13-9-15(17-11-20(33-31-17)22(24,25)26)30-16(10-13)18-12-21(34-32-18)23(27,28)29;1-3-10-16-12(6-1)14-8-5-9-15(18-14)13-7-2-4-11-17-13;3*2-1-3;/h7-12H,2-6H2,1H3;1-11H;;;;/q-2;;;;;+2. The van der Waals surface area contributed by atoms with Crippen LogP contribution in [0.4, 0.5) is 26.3 Å². The Hall–Kier alpha value is -6.94. The molecule has 7 rings (SSSR count). The van der Waals surface area contributed by atoms with Crippen LogP contribution in [-0.2, 0) is 67.0 Å². The average molecular weight is 978 g/mol. The zero-order valence-corrected chi connectivity index (χ0v) is 35.0. The number of aryl methyl sites for hydroxylation is 1. The fraction of sp³-hybridized carbons (Fsp3) is 0.195. The molecule has 0 amide bonds. The van der Waals surface area contributed by atoms with E-state index < -0.39 is 23.7 Å². The summed E-state index contributed by atoms with van der Waals surface area (Å²) in [6.45, 7) is 2.13. The Bertz CT molecular complexity index is 2400. The zero-order valence-electron chi connectivity index (χ0n) is 32.4. The maximum Gasteiger partial charge on any atom is 2.00 e. The van der Waals surface area contributed by atoms with Crippen LogP contribution in [0.15, 0.2) is 103 Å². The van der Waals surface area contributed by atoms with Gasteiger partial charge < -0.3 is 20.4 Å². The van der Waals surface area contributed by atoms with Crippen molar-refractivity contribution >= 4 is 29.8 Å². The van der Waals surface area contributed by atoms with Gasteiger partial charge in [0.15, 0.2) is 0 Å². The van der Waals surface area contributed by atoms with E-state index in [1.807, 2.05) is 66.7 Å². The first-order valence-electron chi connectivity index (χ1n) is 17.8. The SMILES string of the molecule is CCCCCCc1ccc(-c2cc(-c3cc(C(F)(F)F)n[n-]3)nc(-c3cc(C(F)(F)F)n[n-]3)c2)s1.O=C=O.O=C=O.O=C=O.[Ru+2].c1ccc(-c2cccc(-c3ccccn3)n2)nc1. The van der Waals surface area contributed by atoms with Gasteiger partial charge in [0, 0.05) is 22.1 Å². The van der Waals surface area contributed by atoms with E-state index in [1.54, 1.807) is 24.5 Å². The molecule has 63 heavy (non-hydrogen) atoms. The van der Waals surface area contributed by atoms with Crippen LogP contribution in [0.3, 0.4) is 0 Å². The van der Waals surface area contributed by atoms with Crippen molar-refractivity contribution in [2.24, 2.45) is 0 Å². The number of pyridine rings is 4. The molecule has 0 atom stereocenters. The molecule has 0 aliphatic rings. The van der Waals surface area contributed by atoms with Gasteiger partial charge in [0.2, 0.25) is 0 Å². The Balaban J connectivity index is 0.000000406. The predicted octanol–water partition coefficient (Wildman–Crippen LogP) is 8.46. The number of alkyl halides is 6. The average Bonchev–Trinajstić information content (AvgIpc) is 4.07. The quantitative estimate of drug-likeness (QED) is 0.0716. The third-order valence-corrected chi connectivity index (χ3v) is 9.03. The van der Waals surface area contributed by atoms with Gasteiger partial charge in [-0.1, -0.05) is 55.8 Å². The van der Waals surface area contributed by atoms with Crippen molar-refractivity contribution in [1.82, 2.24) is 40.3 Å². The number of halogens is 6. The van der Waals surface area contributed by atoms with Gasteiger partial charge in [-0.3, -0.25) is 15.0 Å². The number of hydrogen-bond donors (Lipinski definition) is 0. The van der Waals surface area contributed by atoms with Crippen molar-refractivity contribution in [1.29, 1.82) is 0 Å². The van der Waals surface area contributed by atoms with E-state index >= 15 is 0 Å². The topological polar surface area (TPSA) is 208 Å². The van der Waals surface area contributed by atoms with E-state index in [0.717, 1.165) is 76.8 Å². The number of aromatic nitrogens is 8. The van der Waals surface area contributed by atoms with E-state index in [4.69, 9.17) is 28.8 Å². The smallest absolute Gasteiger partial charge is 0.573 e. The monoisotopic (exact) mass is 978 g/mol. The van der Waals surface area contributed by atoms with Crippen LogP contribution in [0.2, 0.25) is 0 Å². The summed E-state index contributed by atoms with van der Waals surface area (Å²) < 4.78 is 78.2. The molecule has 0 N–H and O–H groups in total. The second-order valence-corrected chi connectivity index (χ2v) is 13.2. The fourth-order valence-electron chi connectivity index (χ4n) is 5.19. The molecule has 0 saturated heterocycles. The Morgan fingerprint density at radius 1 is 0.556 bits per heavy atom. The van der Waals surface area contributed by atoms with Gasteiger partial charge in [-0.15, -0.1) is 11.3 Å². The zero-order chi connectivity index (χ0) is 45.5. The number of thiophene rings is 1. The minimum atomic E-state index is -4.69. The molecular weight excluding hydrogens is 948 g/mol. The van der Waals surface area contributed by atoms with Gasteiger partial charge in [-0.25, -0.2) is 4.98 Å². The number of carbonyl (C=O) groups excluding carboxylic acids is 6. The van der Waals surface area contributed by atoms with Crippen molar-refractivity contribution in [3.8, 4) is 56.0 Å². The van der Waals surface area contributed by atoms with Crippen molar-refractivity contribution in [3.05, 3.63) is 120 Å². The van der Waals surface area contributed by atoms with Crippen LogP contribution in [0.1, 0.15) is 48.9 Å². The summed E-state index contributed by atoms with van der Waals surface area (Å²) in [6, 6.07) is 25.9. The van der Waals surface area contributed by atoms with Crippen LogP contribution in [0.25, 0.3) is 56.0 Å². The first-order valence-corrected chi connectivity index (χ1v) is 18.6. The second-order valence-electron chi connectivity index (χ2n) is 12.0. The maximum atomic E-state index is 13.0. The number of unbranched alkanes of at least 4 members (excludes halogenated alkanes) is 3. The number of nitrogens with zero attached hydrogens (tertiary/aromatic N) is 8. The van der Waals surface area contributed by atoms with E-state index in [-0.39, 0.29) is 60.7 Å². The Morgan fingerprint density at radius 2 is 1.00 bits per heavy atom. The number of hydrogen-bond acceptors (Lipinski definition) is 13. The maximum absolute atomic E-state index is 13.0. The van der Waals surface area contributed by atoms with Gasteiger partial charge in [0.25, 0.3) is 0 Å². The van der Waals surface area contributed by atoms with Crippen LogP contribution in [-0.4, -0.2) is 48.6 Å². The first kappa shape index (κ1) is 52.2. The van der Waals surface area contributed by atoms with Crippen LogP contribution in [0.5, 0.6) is 0 Å². The molecule has 7 aromatic rings. The first-order chi connectivity index (χ1) is 29.7.